The minimum atomic E-state index is -1.11. The van der Waals surface area contributed by atoms with Gasteiger partial charge in [0.2, 0.25) is 0 Å². The molecule has 2 aliphatic heterocycles. The van der Waals surface area contributed by atoms with Gasteiger partial charge in [0.05, 0.1) is 55.0 Å². The molecule has 0 bridgehead atoms. The molecule has 4 rings (SSSR count). The molecule has 11 heteroatoms. The molecule has 0 amide bonds. The number of dihydropyridines is 1. The third kappa shape index (κ3) is 6.61. The summed E-state index contributed by atoms with van der Waals surface area (Å²) in [6.07, 6.45) is 1.58. The van der Waals surface area contributed by atoms with Gasteiger partial charge in [0.15, 0.2) is 0 Å². The smallest absolute Gasteiger partial charge is 0.337 e. The number of benzene rings is 2. The van der Waals surface area contributed by atoms with E-state index in [4.69, 9.17) is 18.9 Å². The molecule has 2 heterocycles. The van der Waals surface area contributed by atoms with E-state index in [1.165, 1.54) is 29.8 Å². The molecule has 0 aliphatic carbocycles. The number of hydrogen-bond acceptors (Lipinski definition) is 10. The van der Waals surface area contributed by atoms with Crippen LogP contribution < -0.4 is 10.1 Å². The fraction of sp³-hybridized carbons (Fsp3) is 0.321. The average Bonchev–Trinajstić information content (AvgIpc) is 3.76. The maximum absolute atomic E-state index is 13.3. The summed E-state index contributed by atoms with van der Waals surface area (Å²) in [5.41, 5.74) is 1.28. The van der Waals surface area contributed by atoms with Gasteiger partial charge in [-0.05, 0) is 30.2 Å². The number of carbonyl (C=O) groups is 2. The number of non-ortho nitro benzene ring substituents is 1. The highest BCUT2D eigenvalue weighted by atomic mass is 16.6. The number of nitro benzene ring substituents is 1. The van der Waals surface area contributed by atoms with Gasteiger partial charge in [-0.1, -0.05) is 24.3 Å². The standard InChI is InChI=1S/C28H27N3O8/c1-17-24(28(33)38-12-4-11-37-21-9-7-18(8-10-21)13-22-16-39-22)25(19-5-3-6-20(14-19)31(34)35)26(27(32)36-2)23(15-29)30-17/h3,5-10,14,22,25,30H,4,11-13,16H2,1-2H3. The van der Waals surface area contributed by atoms with Gasteiger partial charge >= 0.3 is 11.9 Å². The largest absolute Gasteiger partial charge is 0.493 e. The Morgan fingerprint density at radius 1 is 1.15 bits per heavy atom. The second-order valence-corrected chi connectivity index (χ2v) is 8.98. The fourth-order valence-electron chi connectivity index (χ4n) is 4.33. The number of nitriles is 1. The van der Waals surface area contributed by atoms with Crippen LogP contribution in [-0.2, 0) is 30.2 Å². The Hall–Kier alpha value is -4.69. The summed E-state index contributed by atoms with van der Waals surface area (Å²) in [4.78, 5) is 36.8. The Balaban J connectivity index is 1.45. The van der Waals surface area contributed by atoms with Crippen LogP contribution in [0.15, 0.2) is 71.1 Å². The van der Waals surface area contributed by atoms with Crippen molar-refractivity contribution in [2.24, 2.45) is 0 Å². The minimum Gasteiger partial charge on any atom is -0.493 e. The summed E-state index contributed by atoms with van der Waals surface area (Å²) in [7, 11) is 1.15. The Morgan fingerprint density at radius 3 is 2.54 bits per heavy atom. The molecule has 0 spiro atoms. The average molecular weight is 534 g/mol. The number of ether oxygens (including phenoxy) is 4. The van der Waals surface area contributed by atoms with Gasteiger partial charge in [0.1, 0.15) is 17.5 Å². The summed E-state index contributed by atoms with van der Waals surface area (Å²) >= 11 is 0. The maximum atomic E-state index is 13.3. The zero-order valence-electron chi connectivity index (χ0n) is 21.5. The van der Waals surface area contributed by atoms with Crippen molar-refractivity contribution in [1.29, 1.82) is 5.26 Å². The number of rotatable bonds is 11. The van der Waals surface area contributed by atoms with Crippen LogP contribution in [0.5, 0.6) is 5.75 Å². The van der Waals surface area contributed by atoms with Crippen molar-refractivity contribution in [2.75, 3.05) is 26.9 Å². The topological polar surface area (TPSA) is 153 Å². The van der Waals surface area contributed by atoms with Gasteiger partial charge < -0.3 is 24.3 Å². The lowest BCUT2D eigenvalue weighted by Gasteiger charge is -2.29. The first-order chi connectivity index (χ1) is 18.8. The van der Waals surface area contributed by atoms with E-state index in [1.54, 1.807) is 6.92 Å². The zero-order valence-corrected chi connectivity index (χ0v) is 21.5. The Bertz CT molecular complexity index is 1370. The van der Waals surface area contributed by atoms with E-state index in [0.29, 0.717) is 24.9 Å². The molecule has 2 aromatic carbocycles. The number of epoxide rings is 1. The summed E-state index contributed by atoms with van der Waals surface area (Å²) in [5.74, 6) is -2.00. The molecule has 1 saturated heterocycles. The predicted octanol–water partition coefficient (Wildman–Crippen LogP) is 3.46. The number of esters is 2. The first-order valence-corrected chi connectivity index (χ1v) is 12.3. The lowest BCUT2D eigenvalue weighted by molar-refractivity contribution is -0.384. The van der Waals surface area contributed by atoms with Crippen molar-refractivity contribution < 1.29 is 33.5 Å². The third-order valence-corrected chi connectivity index (χ3v) is 6.29. The van der Waals surface area contributed by atoms with Gasteiger partial charge in [-0.3, -0.25) is 10.1 Å². The monoisotopic (exact) mass is 533 g/mol. The molecule has 39 heavy (non-hydrogen) atoms. The molecule has 11 nitrogen and oxygen atoms in total. The summed E-state index contributed by atoms with van der Waals surface area (Å²) in [5, 5.41) is 23.8. The van der Waals surface area contributed by atoms with Crippen LogP contribution in [0.1, 0.15) is 30.4 Å². The van der Waals surface area contributed by atoms with Crippen molar-refractivity contribution in [3.8, 4) is 11.8 Å². The van der Waals surface area contributed by atoms with Gasteiger partial charge in [0.25, 0.3) is 5.69 Å². The normalized spacial score (nSPS) is 18.1. The van der Waals surface area contributed by atoms with Crippen molar-refractivity contribution in [2.45, 2.75) is 31.8 Å². The second-order valence-electron chi connectivity index (χ2n) is 8.98. The van der Waals surface area contributed by atoms with E-state index in [9.17, 15) is 25.0 Å². The minimum absolute atomic E-state index is 0.0246. The first-order valence-electron chi connectivity index (χ1n) is 12.3. The molecule has 2 aromatic rings. The number of carbonyl (C=O) groups excluding carboxylic acids is 2. The highest BCUT2D eigenvalue weighted by molar-refractivity contribution is 6.00. The zero-order chi connectivity index (χ0) is 27.9. The number of nitro groups is 1. The van der Waals surface area contributed by atoms with Crippen LogP contribution in [0.4, 0.5) is 5.69 Å². The van der Waals surface area contributed by atoms with Crippen molar-refractivity contribution in [1.82, 2.24) is 5.32 Å². The van der Waals surface area contributed by atoms with Gasteiger partial charge in [0, 0.05) is 30.7 Å². The number of nitrogens with one attached hydrogen (secondary N) is 1. The molecule has 1 N–H and O–H groups in total. The quantitative estimate of drug-likeness (QED) is 0.149. The van der Waals surface area contributed by atoms with Crippen LogP contribution in [-0.4, -0.2) is 49.9 Å². The van der Waals surface area contributed by atoms with E-state index in [1.807, 2.05) is 30.3 Å². The van der Waals surface area contributed by atoms with Gasteiger partial charge in [-0.15, -0.1) is 0 Å². The summed E-state index contributed by atoms with van der Waals surface area (Å²) in [6.45, 7) is 2.69. The molecule has 202 valence electrons. The van der Waals surface area contributed by atoms with E-state index in [0.717, 1.165) is 20.1 Å². The number of hydrogen-bond donors (Lipinski definition) is 1. The lowest BCUT2D eigenvalue weighted by atomic mass is 9.80. The molecule has 2 atom stereocenters. The van der Waals surface area contributed by atoms with Crippen LogP contribution in [0.3, 0.4) is 0 Å². The van der Waals surface area contributed by atoms with Gasteiger partial charge in [-0.2, -0.15) is 5.26 Å². The van der Waals surface area contributed by atoms with Crippen molar-refractivity contribution >= 4 is 17.6 Å². The molecule has 2 aliphatic rings. The van der Waals surface area contributed by atoms with Crippen LogP contribution >= 0.6 is 0 Å². The van der Waals surface area contributed by atoms with E-state index < -0.39 is 22.8 Å². The Labute approximate surface area is 224 Å². The van der Waals surface area contributed by atoms with E-state index in [2.05, 4.69) is 5.32 Å². The van der Waals surface area contributed by atoms with Crippen molar-refractivity contribution in [3.63, 3.8) is 0 Å². The van der Waals surface area contributed by atoms with E-state index in [-0.39, 0.29) is 40.4 Å². The molecule has 0 aromatic heterocycles. The molecular weight excluding hydrogens is 506 g/mol. The first kappa shape index (κ1) is 27.3. The molecule has 0 saturated carbocycles. The Kier molecular flexibility index (Phi) is 8.58. The SMILES string of the molecule is COC(=O)C1=C(C#N)NC(C)=C(C(=O)OCCCOc2ccc(CC3CO3)cc2)C1c1cccc([N+](=O)[O-])c1. The predicted molar refractivity (Wildman–Crippen MR) is 137 cm³/mol. The number of allylic oxidation sites excluding steroid dienone is 2. The summed E-state index contributed by atoms with van der Waals surface area (Å²) < 4.78 is 21.3. The second kappa shape index (κ2) is 12.2. The lowest BCUT2D eigenvalue weighted by Crippen LogP contribution is -2.33. The fourth-order valence-corrected chi connectivity index (χ4v) is 4.33. The number of methoxy groups -OCH3 is 1. The summed E-state index contributed by atoms with van der Waals surface area (Å²) in [6, 6.07) is 15.2. The van der Waals surface area contributed by atoms with Crippen LogP contribution in [0.2, 0.25) is 0 Å². The van der Waals surface area contributed by atoms with Gasteiger partial charge in [-0.25, -0.2) is 9.59 Å². The van der Waals surface area contributed by atoms with Crippen LogP contribution in [0, 0.1) is 21.4 Å². The van der Waals surface area contributed by atoms with Crippen molar-refractivity contribution in [3.05, 3.63) is 92.3 Å². The highest BCUT2D eigenvalue weighted by Crippen LogP contribution is 2.40. The third-order valence-electron chi connectivity index (χ3n) is 6.29. The molecular formula is C28H27N3O8. The molecule has 1 fully saturated rings. The molecule has 0 radical (unpaired) electrons. The van der Waals surface area contributed by atoms with E-state index >= 15 is 0 Å². The maximum Gasteiger partial charge on any atom is 0.337 e. The number of nitrogens with zero attached hydrogens (tertiary/aromatic N) is 2. The Morgan fingerprint density at radius 2 is 1.90 bits per heavy atom. The highest BCUT2D eigenvalue weighted by Gasteiger charge is 2.39. The van der Waals surface area contributed by atoms with Crippen LogP contribution in [0.25, 0.3) is 0 Å². The molecule has 2 unspecified atom stereocenters.